The van der Waals surface area contributed by atoms with Gasteiger partial charge in [-0.3, -0.25) is 0 Å². The zero-order valence-corrected chi connectivity index (χ0v) is 13.6. The fourth-order valence-corrected chi connectivity index (χ4v) is 2.78. The maximum absolute atomic E-state index is 12.4. The number of carbonyl (C=O) groups excluding carboxylic acids is 1. The first-order valence-electron chi connectivity index (χ1n) is 7.57. The summed E-state index contributed by atoms with van der Waals surface area (Å²) in [5.41, 5.74) is 1.73. The molecule has 1 aliphatic heterocycles. The lowest BCUT2D eigenvalue weighted by molar-refractivity contribution is -0.136. The van der Waals surface area contributed by atoms with Gasteiger partial charge in [-0.15, -0.1) is 0 Å². The highest BCUT2D eigenvalue weighted by molar-refractivity contribution is 5.92. The van der Waals surface area contributed by atoms with Gasteiger partial charge < -0.3 is 14.8 Å². The van der Waals surface area contributed by atoms with Crippen molar-refractivity contribution in [2.75, 3.05) is 12.4 Å². The average Bonchev–Trinajstić information content (AvgIpc) is 3.07. The van der Waals surface area contributed by atoms with Gasteiger partial charge in [-0.2, -0.15) is 18.9 Å². The van der Waals surface area contributed by atoms with E-state index in [0.717, 1.165) is 0 Å². The number of nitrogens with one attached hydrogen (secondary N) is 1. The standard InChI is InChI=1S/C16H16F2N4O3/c1-3-11-12(14(23)24-2)13(22-16(21-11)19-8-20-22)9-4-6-10(7-5-9)25-15(17)18/h4-8,13,15H,3H2,1-2H3,(H,19,20,21). The van der Waals surface area contributed by atoms with Crippen molar-refractivity contribution in [3.63, 3.8) is 0 Å². The Bertz CT molecular complexity index is 802. The summed E-state index contributed by atoms with van der Waals surface area (Å²) in [6.45, 7) is -1.00. The lowest BCUT2D eigenvalue weighted by atomic mass is 9.94. The molecule has 9 heteroatoms. The van der Waals surface area contributed by atoms with E-state index in [1.807, 2.05) is 6.92 Å². The van der Waals surface area contributed by atoms with Gasteiger partial charge in [0.05, 0.1) is 12.7 Å². The first-order valence-corrected chi connectivity index (χ1v) is 7.57. The smallest absolute Gasteiger partial charge is 0.387 e. The van der Waals surface area contributed by atoms with Gasteiger partial charge in [-0.25, -0.2) is 9.48 Å². The van der Waals surface area contributed by atoms with Crippen LogP contribution in [0.2, 0.25) is 0 Å². The lowest BCUT2D eigenvalue weighted by Crippen LogP contribution is -2.30. The van der Waals surface area contributed by atoms with Crippen LogP contribution in [0.15, 0.2) is 41.9 Å². The van der Waals surface area contributed by atoms with Crippen LogP contribution in [-0.4, -0.2) is 34.5 Å². The van der Waals surface area contributed by atoms with Crippen LogP contribution in [-0.2, 0) is 9.53 Å². The molecule has 1 aliphatic rings. The number of anilines is 1. The summed E-state index contributed by atoms with van der Waals surface area (Å²) in [5, 5.41) is 7.24. The molecule has 0 fully saturated rings. The second kappa shape index (κ2) is 6.88. The molecule has 3 rings (SSSR count). The molecule has 0 saturated carbocycles. The first kappa shape index (κ1) is 16.9. The van der Waals surface area contributed by atoms with E-state index < -0.39 is 18.6 Å². The number of hydrogen-bond acceptors (Lipinski definition) is 6. The number of halogens is 2. The van der Waals surface area contributed by atoms with Gasteiger partial charge in [0.2, 0.25) is 5.95 Å². The van der Waals surface area contributed by atoms with Crippen molar-refractivity contribution in [3.05, 3.63) is 47.4 Å². The Morgan fingerprint density at radius 1 is 1.36 bits per heavy atom. The maximum atomic E-state index is 12.4. The molecule has 1 unspecified atom stereocenters. The van der Waals surface area contributed by atoms with Crippen LogP contribution in [0.4, 0.5) is 14.7 Å². The number of carbonyl (C=O) groups is 1. The highest BCUT2D eigenvalue weighted by Crippen LogP contribution is 2.36. The van der Waals surface area contributed by atoms with Crippen molar-refractivity contribution in [2.45, 2.75) is 26.0 Å². The van der Waals surface area contributed by atoms with Gasteiger partial charge in [-0.1, -0.05) is 19.1 Å². The number of nitrogens with zero attached hydrogens (tertiary/aromatic N) is 3. The van der Waals surface area contributed by atoms with E-state index >= 15 is 0 Å². The number of ether oxygens (including phenoxy) is 2. The largest absolute Gasteiger partial charge is 0.466 e. The predicted molar refractivity (Wildman–Crippen MR) is 84.2 cm³/mol. The molecule has 1 atom stereocenters. The minimum atomic E-state index is -2.90. The molecule has 0 saturated heterocycles. The highest BCUT2D eigenvalue weighted by atomic mass is 19.3. The third kappa shape index (κ3) is 3.17. The molecule has 0 spiro atoms. The molecule has 0 radical (unpaired) electrons. The Morgan fingerprint density at radius 3 is 2.68 bits per heavy atom. The highest BCUT2D eigenvalue weighted by Gasteiger charge is 2.34. The van der Waals surface area contributed by atoms with E-state index in [4.69, 9.17) is 4.74 Å². The Labute approximate surface area is 142 Å². The van der Waals surface area contributed by atoms with Crippen LogP contribution in [0, 0.1) is 0 Å². The Morgan fingerprint density at radius 2 is 2.08 bits per heavy atom. The minimum Gasteiger partial charge on any atom is -0.466 e. The number of methoxy groups -OCH3 is 1. The van der Waals surface area contributed by atoms with Crippen molar-refractivity contribution < 1.29 is 23.0 Å². The van der Waals surface area contributed by atoms with Crippen molar-refractivity contribution in [2.24, 2.45) is 0 Å². The van der Waals surface area contributed by atoms with Gasteiger partial charge in [-0.05, 0) is 24.1 Å². The summed E-state index contributed by atoms with van der Waals surface area (Å²) >= 11 is 0. The normalized spacial score (nSPS) is 16.4. The molecule has 7 nitrogen and oxygen atoms in total. The topological polar surface area (TPSA) is 78.3 Å². The fourth-order valence-electron chi connectivity index (χ4n) is 2.78. The van der Waals surface area contributed by atoms with Gasteiger partial charge in [0.1, 0.15) is 18.1 Å². The molecule has 0 amide bonds. The zero-order valence-electron chi connectivity index (χ0n) is 13.6. The third-order valence-corrected chi connectivity index (χ3v) is 3.86. The van der Waals surface area contributed by atoms with E-state index in [2.05, 4.69) is 20.1 Å². The number of benzene rings is 1. The molecule has 0 bridgehead atoms. The Hall–Kier alpha value is -2.97. The first-order chi connectivity index (χ1) is 12.0. The van der Waals surface area contributed by atoms with E-state index in [-0.39, 0.29) is 5.75 Å². The zero-order chi connectivity index (χ0) is 18.0. The van der Waals surface area contributed by atoms with Gasteiger partial charge in [0, 0.05) is 5.70 Å². The van der Waals surface area contributed by atoms with Gasteiger partial charge in [0.25, 0.3) is 0 Å². The minimum absolute atomic E-state index is 0.0332. The van der Waals surface area contributed by atoms with E-state index in [1.165, 1.54) is 25.6 Å². The van der Waals surface area contributed by atoms with Crippen molar-refractivity contribution in [3.8, 4) is 5.75 Å². The molecule has 0 aliphatic carbocycles. The number of allylic oxidation sites excluding steroid dienone is 1. The van der Waals surface area contributed by atoms with Crippen molar-refractivity contribution in [1.29, 1.82) is 0 Å². The number of alkyl halides is 2. The molecule has 2 aromatic rings. The van der Waals surface area contributed by atoms with Crippen LogP contribution < -0.4 is 10.1 Å². The molecule has 1 aromatic carbocycles. The average molecular weight is 350 g/mol. The molecular formula is C16H16F2N4O3. The second-order valence-electron chi connectivity index (χ2n) is 5.24. The fraction of sp³-hybridized carbons (Fsp3) is 0.312. The van der Waals surface area contributed by atoms with Crippen LogP contribution >= 0.6 is 0 Å². The molecule has 1 N–H and O–H groups in total. The summed E-state index contributed by atoms with van der Waals surface area (Å²) in [4.78, 5) is 16.5. The van der Waals surface area contributed by atoms with Crippen molar-refractivity contribution >= 4 is 11.9 Å². The monoisotopic (exact) mass is 350 g/mol. The summed E-state index contributed by atoms with van der Waals surface area (Å²) in [6, 6.07) is 5.47. The van der Waals surface area contributed by atoms with E-state index in [0.29, 0.717) is 29.2 Å². The second-order valence-corrected chi connectivity index (χ2v) is 5.24. The van der Waals surface area contributed by atoms with Crippen LogP contribution in [0.5, 0.6) is 5.75 Å². The summed E-state index contributed by atoms with van der Waals surface area (Å²) in [5.74, 6) is 0.0247. The summed E-state index contributed by atoms with van der Waals surface area (Å²) < 4.78 is 35.5. The molecule has 25 heavy (non-hydrogen) atoms. The maximum Gasteiger partial charge on any atom is 0.387 e. The Balaban J connectivity index is 2.07. The van der Waals surface area contributed by atoms with Crippen LogP contribution in [0.3, 0.4) is 0 Å². The number of aromatic nitrogens is 3. The summed E-state index contributed by atoms with van der Waals surface area (Å²) in [6.07, 6.45) is 1.93. The molecule has 1 aromatic heterocycles. The SMILES string of the molecule is CCC1=C(C(=O)OC)C(c2ccc(OC(F)F)cc2)n2ncnc2N1. The Kier molecular flexibility index (Phi) is 4.64. The number of esters is 1. The van der Waals surface area contributed by atoms with Gasteiger partial charge >= 0.3 is 12.6 Å². The third-order valence-electron chi connectivity index (χ3n) is 3.86. The summed E-state index contributed by atoms with van der Waals surface area (Å²) in [7, 11) is 1.30. The van der Waals surface area contributed by atoms with Crippen LogP contribution in [0.25, 0.3) is 0 Å². The van der Waals surface area contributed by atoms with Crippen molar-refractivity contribution in [1.82, 2.24) is 14.8 Å². The molecule has 2 heterocycles. The quantitative estimate of drug-likeness (QED) is 0.836. The predicted octanol–water partition coefficient (Wildman–Crippen LogP) is 2.73. The number of fused-ring (bicyclic) bond motifs is 1. The number of hydrogen-bond donors (Lipinski definition) is 1. The van der Waals surface area contributed by atoms with Crippen LogP contribution in [0.1, 0.15) is 24.9 Å². The molecular weight excluding hydrogens is 334 g/mol. The van der Waals surface area contributed by atoms with E-state index in [1.54, 1.807) is 16.8 Å². The van der Waals surface area contributed by atoms with Gasteiger partial charge in [0.15, 0.2) is 0 Å². The lowest BCUT2D eigenvalue weighted by Gasteiger charge is -2.28. The molecule has 132 valence electrons. The number of rotatable bonds is 5. The van der Waals surface area contributed by atoms with E-state index in [9.17, 15) is 13.6 Å².